The zero-order valence-corrected chi connectivity index (χ0v) is 13.4. The third-order valence-electron chi connectivity index (χ3n) is 2.75. The van der Waals surface area contributed by atoms with E-state index in [0.29, 0.717) is 0 Å². The van der Waals surface area contributed by atoms with E-state index in [1.807, 2.05) is 27.7 Å². The fraction of sp³-hybridized carbons (Fsp3) is 1.00. The van der Waals surface area contributed by atoms with Gasteiger partial charge in [-0.3, -0.25) is 9.68 Å². The summed E-state index contributed by atoms with van der Waals surface area (Å²) in [4.78, 5) is 10.7. The second-order valence-corrected chi connectivity index (χ2v) is 6.35. The van der Waals surface area contributed by atoms with Gasteiger partial charge < -0.3 is 0 Å². The number of nitrogens with zero attached hydrogens (tertiary/aromatic N) is 2. The monoisotopic (exact) mass is 296 g/mol. The maximum absolute atomic E-state index is 11.7. The predicted octanol–water partition coefficient (Wildman–Crippen LogP) is 0.948. The lowest BCUT2D eigenvalue weighted by molar-refractivity contribution is -0.148. The predicted molar refractivity (Wildman–Crippen MR) is 76.4 cm³/mol. The molecule has 0 aliphatic heterocycles. The molecule has 19 heavy (non-hydrogen) atoms. The second kappa shape index (κ2) is 10.6. The summed E-state index contributed by atoms with van der Waals surface area (Å²) in [6, 6.07) is 0. The molecule has 0 atom stereocenters. The van der Waals surface area contributed by atoms with Crippen LogP contribution in [0.1, 0.15) is 27.7 Å². The van der Waals surface area contributed by atoms with Crippen molar-refractivity contribution in [3.8, 4) is 0 Å². The first kappa shape index (κ1) is 18.8. The van der Waals surface area contributed by atoms with Gasteiger partial charge in [-0.15, -0.1) is 0 Å². The summed E-state index contributed by atoms with van der Waals surface area (Å²) in [5.74, 6) is 0.0657. The SMILES string of the molecule is CCN(CC)OCCS(=O)(=O)CCON(CC)CC. The van der Waals surface area contributed by atoms with E-state index in [-0.39, 0.29) is 24.7 Å². The Morgan fingerprint density at radius 3 is 1.32 bits per heavy atom. The van der Waals surface area contributed by atoms with Crippen molar-refractivity contribution in [2.75, 3.05) is 50.9 Å². The lowest BCUT2D eigenvalue weighted by Gasteiger charge is -2.19. The Kier molecular flexibility index (Phi) is 10.4. The summed E-state index contributed by atoms with van der Waals surface area (Å²) in [5, 5.41) is 3.48. The van der Waals surface area contributed by atoms with Crippen molar-refractivity contribution in [2.45, 2.75) is 27.7 Å². The third kappa shape index (κ3) is 9.34. The van der Waals surface area contributed by atoms with E-state index >= 15 is 0 Å². The standard InChI is InChI=1S/C12H28N2O4S/c1-5-13(6-2)17-9-11-19(15,16)12-10-18-14(7-3)8-4/h5-12H2,1-4H3. The van der Waals surface area contributed by atoms with Gasteiger partial charge in [0.15, 0.2) is 9.84 Å². The van der Waals surface area contributed by atoms with E-state index in [0.717, 1.165) is 26.2 Å². The van der Waals surface area contributed by atoms with Crippen LogP contribution in [0.5, 0.6) is 0 Å². The van der Waals surface area contributed by atoms with Crippen molar-refractivity contribution in [1.82, 2.24) is 10.1 Å². The number of hydrogen-bond donors (Lipinski definition) is 0. The molecule has 116 valence electrons. The first-order valence-electron chi connectivity index (χ1n) is 6.95. The molecule has 0 aromatic rings. The van der Waals surface area contributed by atoms with Crippen LogP contribution in [0.15, 0.2) is 0 Å². The molecule has 0 aliphatic carbocycles. The Balaban J connectivity index is 3.86. The zero-order valence-electron chi connectivity index (χ0n) is 12.6. The molecular weight excluding hydrogens is 268 g/mol. The number of sulfone groups is 1. The van der Waals surface area contributed by atoms with Crippen LogP contribution in [0, 0.1) is 0 Å². The van der Waals surface area contributed by atoms with Crippen LogP contribution in [0.25, 0.3) is 0 Å². The normalized spacial score (nSPS) is 12.5. The van der Waals surface area contributed by atoms with E-state index < -0.39 is 9.84 Å². The Hall–Kier alpha value is -0.210. The Morgan fingerprint density at radius 1 is 0.737 bits per heavy atom. The fourth-order valence-corrected chi connectivity index (χ4v) is 2.36. The minimum Gasteiger partial charge on any atom is -0.298 e. The van der Waals surface area contributed by atoms with E-state index in [1.54, 1.807) is 10.1 Å². The van der Waals surface area contributed by atoms with Crippen molar-refractivity contribution >= 4 is 9.84 Å². The molecule has 0 radical (unpaired) electrons. The van der Waals surface area contributed by atoms with Crippen molar-refractivity contribution in [3.63, 3.8) is 0 Å². The molecule has 0 fully saturated rings. The second-order valence-electron chi connectivity index (χ2n) is 4.05. The van der Waals surface area contributed by atoms with Crippen LogP contribution in [0.3, 0.4) is 0 Å². The molecule has 6 nitrogen and oxygen atoms in total. The van der Waals surface area contributed by atoms with Gasteiger partial charge in [-0.2, -0.15) is 10.1 Å². The lowest BCUT2D eigenvalue weighted by atomic mass is 10.6. The molecule has 0 spiro atoms. The molecule has 0 amide bonds. The number of hydrogen-bond acceptors (Lipinski definition) is 6. The van der Waals surface area contributed by atoms with Crippen molar-refractivity contribution in [3.05, 3.63) is 0 Å². The molecule has 0 N–H and O–H groups in total. The van der Waals surface area contributed by atoms with Gasteiger partial charge in [0.1, 0.15) is 0 Å². The molecular formula is C12H28N2O4S. The van der Waals surface area contributed by atoms with Crippen LogP contribution < -0.4 is 0 Å². The quantitative estimate of drug-likeness (QED) is 0.500. The summed E-state index contributed by atoms with van der Waals surface area (Å²) >= 11 is 0. The first-order chi connectivity index (χ1) is 8.99. The molecule has 0 heterocycles. The topological polar surface area (TPSA) is 59.1 Å². The summed E-state index contributed by atoms with van der Waals surface area (Å²) in [6.07, 6.45) is 0. The van der Waals surface area contributed by atoms with Gasteiger partial charge >= 0.3 is 0 Å². The van der Waals surface area contributed by atoms with E-state index in [9.17, 15) is 8.42 Å². The number of rotatable bonds is 12. The highest BCUT2D eigenvalue weighted by Crippen LogP contribution is 1.96. The van der Waals surface area contributed by atoms with Crippen LogP contribution in [-0.2, 0) is 19.5 Å². The van der Waals surface area contributed by atoms with Crippen molar-refractivity contribution < 1.29 is 18.1 Å². The third-order valence-corrected chi connectivity index (χ3v) is 4.32. The van der Waals surface area contributed by atoms with E-state index in [2.05, 4.69) is 0 Å². The highest BCUT2D eigenvalue weighted by molar-refractivity contribution is 7.91. The van der Waals surface area contributed by atoms with Crippen LogP contribution in [0.4, 0.5) is 0 Å². The first-order valence-corrected chi connectivity index (χ1v) is 8.77. The maximum Gasteiger partial charge on any atom is 0.154 e. The summed E-state index contributed by atoms with van der Waals surface area (Å²) in [7, 11) is -3.11. The molecule has 0 aromatic heterocycles. The molecule has 0 saturated carbocycles. The van der Waals surface area contributed by atoms with Gasteiger partial charge in [-0.05, 0) is 0 Å². The largest absolute Gasteiger partial charge is 0.298 e. The fourth-order valence-electron chi connectivity index (χ4n) is 1.50. The van der Waals surface area contributed by atoms with Gasteiger partial charge in [-0.1, -0.05) is 27.7 Å². The lowest BCUT2D eigenvalue weighted by Crippen LogP contribution is -2.29. The van der Waals surface area contributed by atoms with Crippen LogP contribution >= 0.6 is 0 Å². The minimum absolute atomic E-state index is 0.0328. The molecule has 0 rings (SSSR count). The molecule has 0 bridgehead atoms. The molecule has 0 aliphatic rings. The summed E-state index contributed by atoms with van der Waals surface area (Å²) < 4.78 is 23.5. The Bertz CT molecular complexity index is 277. The van der Waals surface area contributed by atoms with Gasteiger partial charge in [-0.25, -0.2) is 8.42 Å². The molecule has 0 unspecified atom stereocenters. The van der Waals surface area contributed by atoms with Crippen LogP contribution in [-0.4, -0.2) is 69.4 Å². The highest BCUT2D eigenvalue weighted by atomic mass is 32.2. The van der Waals surface area contributed by atoms with E-state index in [4.69, 9.17) is 9.68 Å². The molecule has 0 aromatic carbocycles. The van der Waals surface area contributed by atoms with E-state index in [1.165, 1.54) is 0 Å². The Labute approximate surface area is 117 Å². The smallest absolute Gasteiger partial charge is 0.154 e. The van der Waals surface area contributed by atoms with Gasteiger partial charge in [0.25, 0.3) is 0 Å². The molecule has 7 heteroatoms. The number of hydroxylamine groups is 4. The summed E-state index contributed by atoms with van der Waals surface area (Å²) in [5.41, 5.74) is 0. The van der Waals surface area contributed by atoms with Gasteiger partial charge in [0, 0.05) is 26.2 Å². The van der Waals surface area contributed by atoms with Crippen molar-refractivity contribution in [2.24, 2.45) is 0 Å². The summed E-state index contributed by atoms with van der Waals surface area (Å²) in [6.45, 7) is 11.3. The Morgan fingerprint density at radius 2 is 1.05 bits per heavy atom. The van der Waals surface area contributed by atoms with Gasteiger partial charge in [0.05, 0.1) is 24.7 Å². The zero-order chi connectivity index (χ0) is 14.7. The van der Waals surface area contributed by atoms with Gasteiger partial charge in [0.2, 0.25) is 0 Å². The highest BCUT2D eigenvalue weighted by Gasteiger charge is 2.12. The van der Waals surface area contributed by atoms with Crippen LogP contribution in [0.2, 0.25) is 0 Å². The van der Waals surface area contributed by atoms with Crippen molar-refractivity contribution in [1.29, 1.82) is 0 Å². The minimum atomic E-state index is -3.11. The maximum atomic E-state index is 11.7. The molecule has 0 saturated heterocycles. The average Bonchev–Trinajstić information content (AvgIpc) is 2.39. The average molecular weight is 296 g/mol.